The molecule has 1 aliphatic carbocycles. The van der Waals surface area contributed by atoms with Crippen molar-refractivity contribution in [3.63, 3.8) is 0 Å². The maximum atomic E-state index is 2.58. The van der Waals surface area contributed by atoms with Gasteiger partial charge in [-0.2, -0.15) is 0 Å². The van der Waals surface area contributed by atoms with Crippen LogP contribution in [0.15, 0.2) is 188 Å². The van der Waals surface area contributed by atoms with E-state index in [1.807, 2.05) is 11.3 Å². The number of allylic oxidation sites excluding steroid dienone is 2. The molecule has 1 aliphatic rings. The predicted molar refractivity (Wildman–Crippen MR) is 247 cm³/mol. The summed E-state index contributed by atoms with van der Waals surface area (Å²) >= 11 is 1.88. The van der Waals surface area contributed by atoms with Crippen molar-refractivity contribution in [2.75, 3.05) is 4.90 Å². The molecule has 13 rings (SSSR count). The highest BCUT2D eigenvalue weighted by atomic mass is 32.1. The summed E-state index contributed by atoms with van der Waals surface area (Å²) in [6.45, 7) is 0. The van der Waals surface area contributed by atoms with E-state index in [1.54, 1.807) is 0 Å². The van der Waals surface area contributed by atoms with Crippen LogP contribution in [0.4, 0.5) is 11.4 Å². The molecule has 1 unspecified atom stereocenters. The fraction of sp³-hybridized carbons (Fsp3) is 0.0370. The summed E-state index contributed by atoms with van der Waals surface area (Å²) in [4.78, 5) is 2.58. The van der Waals surface area contributed by atoms with E-state index in [0.717, 1.165) is 6.42 Å². The number of nitrogens with zero attached hydrogens (tertiary/aromatic N) is 2. The first-order valence-electron chi connectivity index (χ1n) is 19.9. The van der Waals surface area contributed by atoms with E-state index in [9.17, 15) is 0 Å². The third-order valence-corrected chi connectivity index (χ3v) is 13.8. The molecule has 12 aromatic rings. The van der Waals surface area contributed by atoms with Crippen LogP contribution in [0.2, 0.25) is 0 Å². The molecule has 2 nitrogen and oxygen atoms in total. The monoisotopic (exact) mass is 742 g/mol. The molecular weight excluding hydrogens is 709 g/mol. The molecule has 0 bridgehead atoms. The number of fused-ring (bicyclic) bond motifs is 15. The predicted octanol–water partition coefficient (Wildman–Crippen LogP) is 15.2. The van der Waals surface area contributed by atoms with Gasteiger partial charge >= 0.3 is 0 Å². The van der Waals surface area contributed by atoms with E-state index in [4.69, 9.17) is 0 Å². The maximum Gasteiger partial charge on any atom is 0.0620 e. The Morgan fingerprint density at radius 3 is 1.77 bits per heavy atom. The SMILES string of the molecule is C1=CC(N(c2ccc3c4ccccc4c4ccccc4c3c2)c2ccc3c(c2)c2cccc4c5ccccc5n3c42)CC=C1c1ccc2sc3ccccc3c2c1. The molecular formula is C54H34N2S. The Morgan fingerprint density at radius 2 is 1.02 bits per heavy atom. The van der Waals surface area contributed by atoms with Crippen molar-refractivity contribution in [3.05, 3.63) is 194 Å². The van der Waals surface area contributed by atoms with Crippen LogP contribution in [0.3, 0.4) is 0 Å². The number of rotatable bonds is 4. The van der Waals surface area contributed by atoms with Gasteiger partial charge in [0.25, 0.3) is 0 Å². The van der Waals surface area contributed by atoms with Crippen LogP contribution in [0, 0.1) is 0 Å². The van der Waals surface area contributed by atoms with E-state index in [1.165, 1.54) is 113 Å². The van der Waals surface area contributed by atoms with E-state index in [0.29, 0.717) is 0 Å². The van der Waals surface area contributed by atoms with Gasteiger partial charge in [0.15, 0.2) is 0 Å². The first-order chi connectivity index (χ1) is 28.3. The Balaban J connectivity index is 0.995. The number of para-hydroxylation sites is 2. The summed E-state index contributed by atoms with van der Waals surface area (Å²) < 4.78 is 5.16. The number of benzene rings is 9. The van der Waals surface area contributed by atoms with Crippen molar-refractivity contribution in [3.8, 4) is 0 Å². The fourth-order valence-electron chi connectivity index (χ4n) is 10.1. The molecule has 3 heteroatoms. The average molecular weight is 743 g/mol. The summed E-state index contributed by atoms with van der Waals surface area (Å²) in [5.74, 6) is 0. The van der Waals surface area contributed by atoms with Crippen molar-refractivity contribution >= 4 is 119 Å². The number of anilines is 2. The van der Waals surface area contributed by atoms with Gasteiger partial charge in [-0.25, -0.2) is 0 Å². The standard InChI is InChI=1S/C54H34N2S/c1-2-12-40-38(10-1)39-11-3-4-13-41(39)47-31-36(25-27-42(40)47)55(35-23-20-33(21-24-35)34-22-29-53-49(30-34)44-15-6-8-19-52(44)57-53)37-26-28-51-48(32-37)46-17-9-16-45-43-14-5-7-18-50(43)56(51)54(45)46/h1-23,25-32,35H,24H2. The Labute approximate surface area is 332 Å². The van der Waals surface area contributed by atoms with Crippen LogP contribution in [0.1, 0.15) is 12.0 Å². The topological polar surface area (TPSA) is 7.65 Å². The molecule has 266 valence electrons. The van der Waals surface area contributed by atoms with Crippen molar-refractivity contribution < 1.29 is 0 Å². The zero-order valence-corrected chi connectivity index (χ0v) is 31.8. The molecule has 0 N–H and O–H groups in total. The van der Waals surface area contributed by atoms with Crippen LogP contribution < -0.4 is 4.90 Å². The lowest BCUT2D eigenvalue weighted by Crippen LogP contribution is -2.30. The highest BCUT2D eigenvalue weighted by molar-refractivity contribution is 7.25. The van der Waals surface area contributed by atoms with Gasteiger partial charge in [-0.3, -0.25) is 0 Å². The number of aromatic nitrogens is 1. The van der Waals surface area contributed by atoms with Gasteiger partial charge in [0.2, 0.25) is 0 Å². The van der Waals surface area contributed by atoms with E-state index >= 15 is 0 Å². The van der Waals surface area contributed by atoms with Crippen molar-refractivity contribution in [2.45, 2.75) is 12.5 Å². The van der Waals surface area contributed by atoms with E-state index < -0.39 is 0 Å². The highest BCUT2D eigenvalue weighted by Crippen LogP contribution is 2.44. The van der Waals surface area contributed by atoms with Gasteiger partial charge in [-0.15, -0.1) is 11.3 Å². The second kappa shape index (κ2) is 11.8. The lowest BCUT2D eigenvalue weighted by atomic mass is 9.92. The summed E-state index contributed by atoms with van der Waals surface area (Å²) in [6, 6.07) is 63.5. The number of hydrogen-bond acceptors (Lipinski definition) is 2. The third-order valence-electron chi connectivity index (χ3n) is 12.6. The van der Waals surface area contributed by atoms with E-state index in [2.05, 4.69) is 197 Å². The lowest BCUT2D eigenvalue weighted by molar-refractivity contribution is 0.788. The molecule has 0 radical (unpaired) electrons. The molecule has 57 heavy (non-hydrogen) atoms. The zero-order valence-electron chi connectivity index (χ0n) is 31.0. The fourth-order valence-corrected chi connectivity index (χ4v) is 11.2. The quantitative estimate of drug-likeness (QED) is 0.163. The maximum absolute atomic E-state index is 2.58. The van der Waals surface area contributed by atoms with Crippen LogP contribution in [0.25, 0.3) is 96.2 Å². The van der Waals surface area contributed by atoms with Crippen LogP contribution in [0.5, 0.6) is 0 Å². The minimum absolute atomic E-state index is 0.124. The van der Waals surface area contributed by atoms with Crippen molar-refractivity contribution in [1.29, 1.82) is 0 Å². The van der Waals surface area contributed by atoms with Crippen LogP contribution in [-0.2, 0) is 0 Å². The Bertz CT molecular complexity index is 3660. The van der Waals surface area contributed by atoms with Gasteiger partial charge in [0.05, 0.1) is 22.6 Å². The van der Waals surface area contributed by atoms with Crippen LogP contribution >= 0.6 is 11.3 Å². The molecule has 3 aromatic heterocycles. The number of thiophene rings is 1. The van der Waals surface area contributed by atoms with E-state index in [-0.39, 0.29) is 6.04 Å². The molecule has 0 spiro atoms. The minimum Gasteiger partial charge on any atom is -0.334 e. The molecule has 0 fully saturated rings. The molecule has 0 saturated heterocycles. The first-order valence-corrected chi connectivity index (χ1v) is 20.7. The van der Waals surface area contributed by atoms with Gasteiger partial charge < -0.3 is 9.30 Å². The minimum atomic E-state index is 0.124. The summed E-state index contributed by atoms with van der Waals surface area (Å²) in [5.41, 5.74) is 8.77. The summed E-state index contributed by atoms with van der Waals surface area (Å²) in [7, 11) is 0. The van der Waals surface area contributed by atoms with Gasteiger partial charge in [-0.1, -0.05) is 133 Å². The smallest absolute Gasteiger partial charge is 0.0620 e. The second-order valence-corrected chi connectivity index (χ2v) is 16.7. The molecule has 9 aromatic carbocycles. The van der Waals surface area contributed by atoms with Crippen LogP contribution in [-0.4, -0.2) is 10.4 Å². The highest BCUT2D eigenvalue weighted by Gasteiger charge is 2.24. The molecule has 0 saturated carbocycles. The summed E-state index contributed by atoms with van der Waals surface area (Å²) in [6.07, 6.45) is 8.12. The Morgan fingerprint density at radius 1 is 0.439 bits per heavy atom. The summed E-state index contributed by atoms with van der Waals surface area (Å²) in [5, 5.41) is 15.6. The van der Waals surface area contributed by atoms with Gasteiger partial charge in [0.1, 0.15) is 0 Å². The van der Waals surface area contributed by atoms with Gasteiger partial charge in [0, 0.05) is 53.1 Å². The largest absolute Gasteiger partial charge is 0.334 e. The lowest BCUT2D eigenvalue weighted by Gasteiger charge is -2.34. The third kappa shape index (κ3) is 4.46. The van der Waals surface area contributed by atoms with Gasteiger partial charge in [-0.05, 0) is 104 Å². The van der Waals surface area contributed by atoms with Crippen molar-refractivity contribution in [1.82, 2.24) is 4.40 Å². The Kier molecular flexibility index (Phi) is 6.47. The number of hydrogen-bond donors (Lipinski definition) is 0. The van der Waals surface area contributed by atoms with Crippen molar-refractivity contribution in [2.24, 2.45) is 0 Å². The average Bonchev–Trinajstić information content (AvgIpc) is 3.94. The molecule has 3 heterocycles. The first kappa shape index (κ1) is 31.3. The second-order valence-electron chi connectivity index (χ2n) is 15.6. The Hall–Kier alpha value is -6.94. The molecule has 0 amide bonds. The normalized spacial score (nSPS) is 14.8. The molecule has 1 atom stereocenters. The molecule has 0 aliphatic heterocycles. The zero-order chi connectivity index (χ0) is 37.2.